The molecule has 7 nitrogen and oxygen atoms in total. The molecule has 0 fully saturated rings. The third kappa shape index (κ3) is 5.57. The van der Waals surface area contributed by atoms with Crippen molar-refractivity contribution in [1.29, 1.82) is 0 Å². The van der Waals surface area contributed by atoms with Crippen molar-refractivity contribution in [2.24, 2.45) is 0 Å². The van der Waals surface area contributed by atoms with Crippen molar-refractivity contribution in [2.45, 2.75) is 19.3 Å². The molecule has 0 saturated heterocycles. The molecule has 30 heavy (non-hydrogen) atoms. The summed E-state index contributed by atoms with van der Waals surface area (Å²) >= 11 is 0. The Morgan fingerprint density at radius 1 is 1.07 bits per heavy atom. The van der Waals surface area contributed by atoms with E-state index in [1.165, 1.54) is 6.20 Å². The van der Waals surface area contributed by atoms with Crippen LogP contribution < -0.4 is 14.8 Å². The lowest BCUT2D eigenvalue weighted by Gasteiger charge is -2.13. The van der Waals surface area contributed by atoms with Crippen LogP contribution in [0.3, 0.4) is 0 Å². The van der Waals surface area contributed by atoms with Crippen LogP contribution in [0.1, 0.15) is 11.1 Å². The topological polar surface area (TPSA) is 89.4 Å². The molecular weight excluding hydrogens is 401 g/mol. The smallest absolute Gasteiger partial charge is 0.422 e. The molecule has 0 amide bonds. The fourth-order valence-electron chi connectivity index (χ4n) is 2.68. The van der Waals surface area contributed by atoms with E-state index in [1.807, 2.05) is 0 Å². The summed E-state index contributed by atoms with van der Waals surface area (Å²) in [6, 6.07) is 8.50. The van der Waals surface area contributed by atoms with Crippen LogP contribution in [-0.4, -0.2) is 40.0 Å². The van der Waals surface area contributed by atoms with Crippen molar-refractivity contribution in [3.63, 3.8) is 0 Å². The molecule has 158 valence electrons. The predicted molar refractivity (Wildman–Crippen MR) is 103 cm³/mol. The lowest BCUT2D eigenvalue weighted by molar-refractivity contribution is -0.154. The van der Waals surface area contributed by atoms with E-state index >= 15 is 0 Å². The minimum absolute atomic E-state index is 0.107. The van der Waals surface area contributed by atoms with Crippen molar-refractivity contribution in [3.05, 3.63) is 60.0 Å². The fourth-order valence-corrected chi connectivity index (χ4v) is 2.68. The van der Waals surface area contributed by atoms with Crippen LogP contribution in [0.4, 0.5) is 19.1 Å². The number of ether oxygens (including phenoxy) is 2. The fraction of sp³-hybridized carbons (Fsp3) is 0.250. The first-order chi connectivity index (χ1) is 14.4. The van der Waals surface area contributed by atoms with Crippen LogP contribution in [0.5, 0.6) is 11.6 Å². The molecule has 0 radical (unpaired) electrons. The number of benzene rings is 1. The number of nitrogens with zero attached hydrogens (tertiary/aromatic N) is 3. The monoisotopic (exact) mass is 420 g/mol. The highest BCUT2D eigenvalue weighted by atomic mass is 19.4. The maximum Gasteiger partial charge on any atom is 0.422 e. The summed E-state index contributed by atoms with van der Waals surface area (Å²) in [6.45, 7) is -1.46. The van der Waals surface area contributed by atoms with Crippen LogP contribution in [0.25, 0.3) is 11.1 Å². The third-order valence-electron chi connectivity index (χ3n) is 4.11. The lowest BCUT2D eigenvalue weighted by Crippen LogP contribution is -2.20. The van der Waals surface area contributed by atoms with E-state index in [0.29, 0.717) is 22.4 Å². The number of rotatable bonds is 8. The number of methoxy groups -OCH3 is 1. The summed E-state index contributed by atoms with van der Waals surface area (Å²) in [5.74, 6) is 0.801. The molecule has 0 aliphatic carbocycles. The number of alkyl halides is 3. The molecule has 2 heterocycles. The molecular formula is C20H19F3N4O3. The zero-order chi connectivity index (χ0) is 21.6. The molecule has 1 aromatic carbocycles. The van der Waals surface area contributed by atoms with Crippen LogP contribution in [-0.2, 0) is 13.2 Å². The van der Waals surface area contributed by atoms with Gasteiger partial charge in [-0.3, -0.25) is 0 Å². The number of nitrogens with one attached hydrogen (secondary N) is 1. The van der Waals surface area contributed by atoms with Gasteiger partial charge in [-0.05, 0) is 29.3 Å². The van der Waals surface area contributed by atoms with Gasteiger partial charge in [0.25, 0.3) is 0 Å². The Kier molecular flexibility index (Phi) is 6.68. The second-order valence-corrected chi connectivity index (χ2v) is 6.20. The van der Waals surface area contributed by atoms with E-state index in [-0.39, 0.29) is 25.0 Å². The van der Waals surface area contributed by atoms with Crippen LogP contribution in [0.15, 0.2) is 48.9 Å². The summed E-state index contributed by atoms with van der Waals surface area (Å²) in [5.41, 5.74) is 2.57. The third-order valence-corrected chi connectivity index (χ3v) is 4.11. The number of aromatic nitrogens is 3. The Bertz CT molecular complexity index is 982. The van der Waals surface area contributed by atoms with E-state index in [2.05, 4.69) is 20.3 Å². The van der Waals surface area contributed by atoms with Gasteiger partial charge in [0.15, 0.2) is 6.61 Å². The minimum Gasteiger partial charge on any atom is -0.497 e. The van der Waals surface area contributed by atoms with E-state index in [9.17, 15) is 18.3 Å². The molecule has 0 saturated carbocycles. The number of aliphatic hydroxyl groups is 1. The maximum absolute atomic E-state index is 12.4. The van der Waals surface area contributed by atoms with Gasteiger partial charge in [0.05, 0.1) is 13.7 Å². The van der Waals surface area contributed by atoms with Gasteiger partial charge in [-0.25, -0.2) is 15.0 Å². The van der Waals surface area contributed by atoms with Crippen molar-refractivity contribution in [1.82, 2.24) is 15.0 Å². The highest BCUT2D eigenvalue weighted by molar-refractivity contribution is 5.67. The Morgan fingerprint density at radius 2 is 1.83 bits per heavy atom. The molecule has 0 spiro atoms. The normalized spacial score (nSPS) is 11.2. The molecule has 0 aliphatic rings. The van der Waals surface area contributed by atoms with E-state index in [1.54, 1.807) is 49.8 Å². The molecule has 0 aliphatic heterocycles. The summed E-state index contributed by atoms with van der Waals surface area (Å²) in [4.78, 5) is 12.3. The Labute approximate surface area is 170 Å². The lowest BCUT2D eigenvalue weighted by atomic mass is 10.0. The highest BCUT2D eigenvalue weighted by Crippen LogP contribution is 2.27. The number of hydrogen-bond donors (Lipinski definition) is 2. The van der Waals surface area contributed by atoms with E-state index < -0.39 is 12.8 Å². The van der Waals surface area contributed by atoms with Crippen LogP contribution in [0, 0.1) is 0 Å². The molecule has 3 aromatic rings. The number of pyridine rings is 1. The number of aliphatic hydroxyl groups excluding tert-OH is 1. The van der Waals surface area contributed by atoms with Gasteiger partial charge in [0, 0.05) is 36.3 Å². The standard InChI is InChI=1S/C20H19F3N4O3/c1-29-16-4-5-17(14(7-16)11-28)15-9-26-19(27-10-15)25-8-13-3-2-6-24-18(13)30-12-20(21,22)23/h2-7,9-10,28H,8,11-12H2,1H3,(H,25,26,27). The van der Waals surface area contributed by atoms with Crippen LogP contribution in [0.2, 0.25) is 0 Å². The zero-order valence-electron chi connectivity index (χ0n) is 16.0. The predicted octanol–water partition coefficient (Wildman–Crippen LogP) is 3.59. The first kappa shape index (κ1) is 21.3. The van der Waals surface area contributed by atoms with Gasteiger partial charge in [-0.1, -0.05) is 12.1 Å². The van der Waals surface area contributed by atoms with Crippen molar-refractivity contribution >= 4 is 5.95 Å². The van der Waals surface area contributed by atoms with Crippen LogP contribution >= 0.6 is 0 Å². The maximum atomic E-state index is 12.4. The summed E-state index contributed by atoms with van der Waals surface area (Å²) in [7, 11) is 1.54. The number of hydrogen-bond acceptors (Lipinski definition) is 7. The molecule has 0 unspecified atom stereocenters. The molecule has 0 atom stereocenters. The Balaban J connectivity index is 1.69. The van der Waals surface area contributed by atoms with Crippen molar-refractivity contribution in [2.75, 3.05) is 19.0 Å². The quantitative estimate of drug-likeness (QED) is 0.576. The van der Waals surface area contributed by atoms with Gasteiger partial charge in [0.1, 0.15) is 5.75 Å². The molecule has 0 bridgehead atoms. The first-order valence-corrected chi connectivity index (χ1v) is 8.87. The van der Waals surface area contributed by atoms with Gasteiger partial charge >= 0.3 is 6.18 Å². The molecule has 2 N–H and O–H groups in total. The average molecular weight is 420 g/mol. The molecule has 10 heteroatoms. The Morgan fingerprint density at radius 3 is 2.50 bits per heavy atom. The van der Waals surface area contributed by atoms with Gasteiger partial charge in [0.2, 0.25) is 11.8 Å². The van der Waals surface area contributed by atoms with Crippen molar-refractivity contribution < 1.29 is 27.8 Å². The zero-order valence-corrected chi connectivity index (χ0v) is 16.0. The van der Waals surface area contributed by atoms with Crippen molar-refractivity contribution in [3.8, 4) is 22.8 Å². The number of anilines is 1. The first-order valence-electron chi connectivity index (χ1n) is 8.87. The molecule has 3 rings (SSSR count). The summed E-state index contributed by atoms with van der Waals surface area (Å²) < 4.78 is 47.1. The van der Waals surface area contributed by atoms with Gasteiger partial charge in [-0.2, -0.15) is 13.2 Å². The number of halogens is 3. The highest BCUT2D eigenvalue weighted by Gasteiger charge is 2.29. The summed E-state index contributed by atoms with van der Waals surface area (Å²) in [5, 5.41) is 12.5. The summed E-state index contributed by atoms with van der Waals surface area (Å²) in [6.07, 6.45) is 0.0748. The van der Waals surface area contributed by atoms with Gasteiger partial charge < -0.3 is 19.9 Å². The van der Waals surface area contributed by atoms with Gasteiger partial charge in [-0.15, -0.1) is 0 Å². The second kappa shape index (κ2) is 9.40. The van der Waals surface area contributed by atoms with E-state index in [0.717, 1.165) is 5.56 Å². The average Bonchev–Trinajstić information content (AvgIpc) is 2.76. The largest absolute Gasteiger partial charge is 0.497 e. The minimum atomic E-state index is -4.45. The second-order valence-electron chi connectivity index (χ2n) is 6.20. The molecule has 2 aromatic heterocycles. The van der Waals surface area contributed by atoms with E-state index in [4.69, 9.17) is 9.47 Å². The Hall–Kier alpha value is -3.40. The SMILES string of the molecule is COc1ccc(-c2cnc(NCc3cccnc3OCC(F)(F)F)nc2)c(CO)c1.